The first-order valence-electron chi connectivity index (χ1n) is 8.09. The molecule has 1 atom stereocenters. The number of esters is 1. The molecule has 0 aliphatic carbocycles. The minimum Gasteiger partial charge on any atom is -0.422 e. The minimum absolute atomic E-state index is 0.158. The number of ether oxygens (including phenoxy) is 1. The maximum Gasteiger partial charge on any atom is 0.343 e. The Morgan fingerprint density at radius 1 is 1.16 bits per heavy atom. The van der Waals surface area contributed by atoms with Gasteiger partial charge in [-0.3, -0.25) is 4.31 Å². The van der Waals surface area contributed by atoms with E-state index in [9.17, 15) is 13.2 Å². The Morgan fingerprint density at radius 2 is 1.80 bits per heavy atom. The number of carbonyl (C=O) groups excluding carboxylic acids is 1. The van der Waals surface area contributed by atoms with E-state index in [1.165, 1.54) is 10.6 Å². The third-order valence-electron chi connectivity index (χ3n) is 4.43. The van der Waals surface area contributed by atoms with Gasteiger partial charge in [0.25, 0.3) is 0 Å². The van der Waals surface area contributed by atoms with Crippen molar-refractivity contribution < 1.29 is 17.9 Å². The van der Waals surface area contributed by atoms with Gasteiger partial charge in [0.2, 0.25) is 10.0 Å². The largest absolute Gasteiger partial charge is 0.422 e. The van der Waals surface area contributed by atoms with Gasteiger partial charge in [-0.15, -0.1) is 0 Å². The normalized spacial score (nSPS) is 16.6. The number of rotatable bonds is 3. The van der Waals surface area contributed by atoms with Gasteiger partial charge in [0.1, 0.15) is 5.75 Å². The molecular formula is C19H21NO4S. The van der Waals surface area contributed by atoms with Crippen molar-refractivity contribution in [2.24, 2.45) is 0 Å². The predicted octanol–water partition coefficient (Wildman–Crippen LogP) is 3.23. The highest BCUT2D eigenvalue weighted by atomic mass is 32.2. The summed E-state index contributed by atoms with van der Waals surface area (Å²) in [4.78, 5) is 12.5. The summed E-state index contributed by atoms with van der Waals surface area (Å²) in [6.45, 7) is 5.64. The highest BCUT2D eigenvalue weighted by molar-refractivity contribution is 7.92. The number of hydrogen-bond acceptors (Lipinski definition) is 4. The molecule has 0 fully saturated rings. The summed E-state index contributed by atoms with van der Waals surface area (Å²) in [6, 6.07) is 10.6. The van der Waals surface area contributed by atoms with Crippen LogP contribution >= 0.6 is 0 Å². The van der Waals surface area contributed by atoms with Crippen molar-refractivity contribution >= 4 is 21.7 Å². The smallest absolute Gasteiger partial charge is 0.343 e. The lowest BCUT2D eigenvalue weighted by molar-refractivity contribution is 0.0732. The van der Waals surface area contributed by atoms with Crippen molar-refractivity contribution in [1.82, 2.24) is 0 Å². The van der Waals surface area contributed by atoms with Crippen LogP contribution in [-0.2, 0) is 16.4 Å². The highest BCUT2D eigenvalue weighted by Crippen LogP contribution is 2.35. The first-order valence-corrected chi connectivity index (χ1v) is 9.94. The summed E-state index contributed by atoms with van der Waals surface area (Å²) in [5.41, 5.74) is 3.69. The standard InChI is InChI=1S/C19H21NO4S/c1-12-6-5-7-13(2)18(12)24-19(21)15-8-9-17-16(11-15)10-14(3)20(17)25(4,22)23/h5-9,11,14H,10H2,1-4H3/t14-/m1/s1. The van der Waals surface area contributed by atoms with E-state index in [1.807, 2.05) is 39.0 Å². The number of nitrogens with zero attached hydrogens (tertiary/aromatic N) is 1. The van der Waals surface area contributed by atoms with Crippen LogP contribution in [0.1, 0.15) is 34.0 Å². The molecule has 0 aromatic heterocycles. The van der Waals surface area contributed by atoms with Crippen LogP contribution in [-0.4, -0.2) is 26.7 Å². The van der Waals surface area contributed by atoms with Crippen molar-refractivity contribution in [3.8, 4) is 5.75 Å². The van der Waals surface area contributed by atoms with Gasteiger partial charge in [-0.05, 0) is 62.1 Å². The topological polar surface area (TPSA) is 63.7 Å². The lowest BCUT2D eigenvalue weighted by atomic mass is 10.1. The Labute approximate surface area is 148 Å². The van der Waals surface area contributed by atoms with E-state index in [0.717, 1.165) is 16.7 Å². The Balaban J connectivity index is 1.91. The van der Waals surface area contributed by atoms with Crippen LogP contribution in [0, 0.1) is 13.8 Å². The van der Waals surface area contributed by atoms with E-state index in [0.29, 0.717) is 23.4 Å². The zero-order valence-corrected chi connectivity index (χ0v) is 15.6. The lowest BCUT2D eigenvalue weighted by Gasteiger charge is -2.21. The molecule has 132 valence electrons. The summed E-state index contributed by atoms with van der Waals surface area (Å²) < 4.78 is 30.9. The second kappa shape index (κ2) is 6.19. The van der Waals surface area contributed by atoms with Gasteiger partial charge in [0.05, 0.1) is 17.5 Å². The molecule has 6 heteroatoms. The van der Waals surface area contributed by atoms with Crippen LogP contribution in [0.5, 0.6) is 5.75 Å². The molecule has 25 heavy (non-hydrogen) atoms. The Bertz CT molecular complexity index is 930. The Morgan fingerprint density at radius 3 is 2.40 bits per heavy atom. The molecular weight excluding hydrogens is 338 g/mol. The molecule has 0 saturated carbocycles. The number of hydrogen-bond donors (Lipinski definition) is 0. The quantitative estimate of drug-likeness (QED) is 0.623. The van der Waals surface area contributed by atoms with Gasteiger partial charge >= 0.3 is 5.97 Å². The molecule has 0 unspecified atom stereocenters. The van der Waals surface area contributed by atoms with E-state index in [-0.39, 0.29) is 6.04 Å². The van der Waals surface area contributed by atoms with Gasteiger partial charge in [0.15, 0.2) is 0 Å². The van der Waals surface area contributed by atoms with E-state index in [1.54, 1.807) is 18.2 Å². The fourth-order valence-corrected chi connectivity index (χ4v) is 4.61. The second-order valence-electron chi connectivity index (χ2n) is 6.57. The molecule has 1 aliphatic heterocycles. The molecule has 0 saturated heterocycles. The molecule has 2 aromatic rings. The molecule has 1 aliphatic rings. The Hall–Kier alpha value is -2.34. The van der Waals surface area contributed by atoms with Crippen LogP contribution < -0.4 is 9.04 Å². The summed E-state index contributed by atoms with van der Waals surface area (Å²) >= 11 is 0. The van der Waals surface area contributed by atoms with E-state index >= 15 is 0 Å². The van der Waals surface area contributed by atoms with Crippen LogP contribution in [0.4, 0.5) is 5.69 Å². The van der Waals surface area contributed by atoms with Gasteiger partial charge in [-0.25, -0.2) is 13.2 Å². The van der Waals surface area contributed by atoms with Crippen molar-refractivity contribution in [2.45, 2.75) is 33.2 Å². The SMILES string of the molecule is Cc1cccc(C)c1OC(=O)c1ccc2c(c1)C[C@@H](C)N2S(C)(=O)=O. The van der Waals surface area contributed by atoms with E-state index < -0.39 is 16.0 Å². The first-order chi connectivity index (χ1) is 11.7. The summed E-state index contributed by atoms with van der Waals surface area (Å²) in [5.74, 6) is 0.129. The second-order valence-corrected chi connectivity index (χ2v) is 8.43. The number of aryl methyl sites for hydroxylation is 2. The molecule has 0 radical (unpaired) electrons. The van der Waals surface area contributed by atoms with Crippen molar-refractivity contribution in [1.29, 1.82) is 0 Å². The zero-order chi connectivity index (χ0) is 18.4. The molecule has 0 amide bonds. The van der Waals surface area contributed by atoms with Crippen LogP contribution in [0.15, 0.2) is 36.4 Å². The molecule has 3 rings (SSSR count). The average molecular weight is 359 g/mol. The van der Waals surface area contributed by atoms with Gasteiger partial charge < -0.3 is 4.74 Å². The first kappa shape index (κ1) is 17.5. The molecule has 0 spiro atoms. The minimum atomic E-state index is -3.34. The molecule has 2 aromatic carbocycles. The molecule has 0 bridgehead atoms. The average Bonchev–Trinajstić information content (AvgIpc) is 2.85. The monoisotopic (exact) mass is 359 g/mol. The van der Waals surface area contributed by atoms with Gasteiger partial charge in [-0.1, -0.05) is 18.2 Å². The maximum absolute atomic E-state index is 12.5. The molecule has 5 nitrogen and oxygen atoms in total. The third-order valence-corrected chi connectivity index (χ3v) is 5.70. The molecule has 0 N–H and O–H groups in total. The fraction of sp³-hybridized carbons (Fsp3) is 0.316. The predicted molar refractivity (Wildman–Crippen MR) is 97.8 cm³/mol. The van der Waals surface area contributed by atoms with Crippen LogP contribution in [0.2, 0.25) is 0 Å². The molecule has 1 heterocycles. The highest BCUT2D eigenvalue weighted by Gasteiger charge is 2.33. The van der Waals surface area contributed by atoms with Crippen LogP contribution in [0.3, 0.4) is 0 Å². The van der Waals surface area contributed by atoms with Gasteiger partial charge in [0, 0.05) is 6.04 Å². The fourth-order valence-electron chi connectivity index (χ4n) is 3.35. The van der Waals surface area contributed by atoms with E-state index in [2.05, 4.69) is 0 Å². The number of carbonyl (C=O) groups is 1. The van der Waals surface area contributed by atoms with Crippen molar-refractivity contribution in [2.75, 3.05) is 10.6 Å². The lowest BCUT2D eigenvalue weighted by Crippen LogP contribution is -2.34. The number of sulfonamides is 1. The van der Waals surface area contributed by atoms with Gasteiger partial charge in [-0.2, -0.15) is 0 Å². The summed E-state index contributed by atoms with van der Waals surface area (Å²) in [6.07, 6.45) is 1.77. The summed E-state index contributed by atoms with van der Waals surface area (Å²) in [7, 11) is -3.34. The van der Waals surface area contributed by atoms with Crippen molar-refractivity contribution in [3.05, 3.63) is 58.7 Å². The number of para-hydroxylation sites is 1. The van der Waals surface area contributed by atoms with Crippen LogP contribution in [0.25, 0.3) is 0 Å². The maximum atomic E-state index is 12.5. The van der Waals surface area contributed by atoms with E-state index in [4.69, 9.17) is 4.74 Å². The van der Waals surface area contributed by atoms with Crippen molar-refractivity contribution in [3.63, 3.8) is 0 Å². The zero-order valence-electron chi connectivity index (χ0n) is 14.7. The number of benzene rings is 2. The summed E-state index contributed by atoms with van der Waals surface area (Å²) in [5, 5.41) is 0. The Kier molecular flexibility index (Phi) is 4.33. The third kappa shape index (κ3) is 3.26. The number of anilines is 1. The number of fused-ring (bicyclic) bond motifs is 1.